The molecule has 0 spiro atoms. The molecule has 1 aromatic heterocycles. The number of nitro benzene ring substituents is 1. The summed E-state index contributed by atoms with van der Waals surface area (Å²) in [5.41, 5.74) is 3.13. The van der Waals surface area contributed by atoms with Crippen LogP contribution in [0.1, 0.15) is 55.6 Å². The number of hydrogen-bond donors (Lipinski definition) is 1. The molecule has 1 amide bonds. The van der Waals surface area contributed by atoms with E-state index in [-0.39, 0.29) is 23.6 Å². The SMILES string of the molecule is Cc1ccccc1CSc1nnc([C@@H](C)NC(=O)C2CCCC2)n1-c1ccc([N+](=O)[O-])cc1. The van der Waals surface area contributed by atoms with Gasteiger partial charge in [-0.1, -0.05) is 48.9 Å². The van der Waals surface area contributed by atoms with Crippen molar-refractivity contribution >= 4 is 23.4 Å². The number of thioether (sulfide) groups is 1. The lowest BCUT2D eigenvalue weighted by Gasteiger charge is -2.18. The molecule has 1 aliphatic rings. The van der Waals surface area contributed by atoms with Crippen molar-refractivity contribution in [2.75, 3.05) is 0 Å². The Balaban J connectivity index is 1.63. The van der Waals surface area contributed by atoms with Gasteiger partial charge in [0.1, 0.15) is 0 Å². The molecule has 0 unspecified atom stereocenters. The number of hydrogen-bond acceptors (Lipinski definition) is 6. The largest absolute Gasteiger partial charge is 0.346 e. The Labute approximate surface area is 197 Å². The maximum Gasteiger partial charge on any atom is 0.269 e. The molecule has 4 rings (SSSR count). The molecule has 0 bridgehead atoms. The molecule has 1 heterocycles. The highest BCUT2D eigenvalue weighted by Crippen LogP contribution is 2.30. The highest BCUT2D eigenvalue weighted by molar-refractivity contribution is 7.98. The number of carbonyl (C=O) groups excluding carboxylic acids is 1. The summed E-state index contributed by atoms with van der Waals surface area (Å²) in [6.07, 6.45) is 4.02. The summed E-state index contributed by atoms with van der Waals surface area (Å²) in [6, 6.07) is 14.1. The molecule has 1 fully saturated rings. The number of nitro groups is 1. The van der Waals surface area contributed by atoms with Gasteiger partial charge in [-0.3, -0.25) is 19.5 Å². The molecule has 1 aliphatic carbocycles. The van der Waals surface area contributed by atoms with Gasteiger partial charge in [0, 0.05) is 29.5 Å². The number of rotatable bonds is 8. The molecular weight excluding hydrogens is 438 g/mol. The Kier molecular flexibility index (Phi) is 7.08. The normalized spacial score (nSPS) is 14.8. The molecule has 9 heteroatoms. The quantitative estimate of drug-likeness (QED) is 0.281. The zero-order chi connectivity index (χ0) is 23.4. The van der Waals surface area contributed by atoms with Gasteiger partial charge in [-0.15, -0.1) is 10.2 Å². The fourth-order valence-electron chi connectivity index (χ4n) is 4.12. The fourth-order valence-corrected chi connectivity index (χ4v) is 5.15. The summed E-state index contributed by atoms with van der Waals surface area (Å²) in [6.45, 7) is 3.97. The van der Waals surface area contributed by atoms with Crippen molar-refractivity contribution in [2.45, 2.75) is 56.5 Å². The Bertz CT molecular complexity index is 1140. The van der Waals surface area contributed by atoms with Crippen molar-refractivity contribution in [1.29, 1.82) is 0 Å². The first-order chi connectivity index (χ1) is 15.9. The van der Waals surface area contributed by atoms with Crippen LogP contribution in [-0.4, -0.2) is 25.6 Å². The summed E-state index contributed by atoms with van der Waals surface area (Å²) in [4.78, 5) is 23.4. The van der Waals surface area contributed by atoms with E-state index in [1.165, 1.54) is 23.3 Å². The van der Waals surface area contributed by atoms with E-state index in [1.807, 2.05) is 23.6 Å². The van der Waals surface area contributed by atoms with Crippen molar-refractivity contribution in [2.24, 2.45) is 5.92 Å². The third-order valence-electron chi connectivity index (χ3n) is 6.07. The average molecular weight is 466 g/mol. The first-order valence-electron chi connectivity index (χ1n) is 11.1. The predicted molar refractivity (Wildman–Crippen MR) is 127 cm³/mol. The lowest BCUT2D eigenvalue weighted by molar-refractivity contribution is -0.384. The molecule has 1 saturated carbocycles. The molecule has 0 aliphatic heterocycles. The lowest BCUT2D eigenvalue weighted by Crippen LogP contribution is -2.33. The van der Waals surface area contributed by atoms with Gasteiger partial charge in [0.2, 0.25) is 5.91 Å². The van der Waals surface area contributed by atoms with Gasteiger partial charge in [-0.2, -0.15) is 0 Å². The van der Waals surface area contributed by atoms with E-state index in [9.17, 15) is 14.9 Å². The van der Waals surface area contributed by atoms with Gasteiger partial charge in [0.15, 0.2) is 11.0 Å². The van der Waals surface area contributed by atoms with Crippen LogP contribution in [0.3, 0.4) is 0 Å². The van der Waals surface area contributed by atoms with E-state index in [1.54, 1.807) is 23.9 Å². The second kappa shape index (κ2) is 10.2. The number of carbonyl (C=O) groups is 1. The van der Waals surface area contributed by atoms with E-state index in [2.05, 4.69) is 34.6 Å². The summed E-state index contributed by atoms with van der Waals surface area (Å²) in [5.74, 6) is 1.41. The second-order valence-electron chi connectivity index (χ2n) is 8.38. The van der Waals surface area contributed by atoms with E-state index in [0.29, 0.717) is 16.7 Å². The maximum atomic E-state index is 12.7. The summed E-state index contributed by atoms with van der Waals surface area (Å²) >= 11 is 1.54. The molecule has 0 saturated heterocycles. The number of aromatic nitrogens is 3. The highest BCUT2D eigenvalue weighted by Gasteiger charge is 2.27. The van der Waals surface area contributed by atoms with Crippen LogP contribution in [-0.2, 0) is 10.5 Å². The third-order valence-corrected chi connectivity index (χ3v) is 7.04. The van der Waals surface area contributed by atoms with Crippen LogP contribution in [0.5, 0.6) is 0 Å². The van der Waals surface area contributed by atoms with Crippen LogP contribution in [0, 0.1) is 23.0 Å². The number of non-ortho nitro benzene ring substituents is 1. The Morgan fingerprint density at radius 3 is 2.55 bits per heavy atom. The summed E-state index contributed by atoms with van der Waals surface area (Å²) in [7, 11) is 0. The first-order valence-corrected chi connectivity index (χ1v) is 12.1. The molecule has 1 atom stereocenters. The predicted octanol–water partition coefficient (Wildman–Crippen LogP) is 5.14. The maximum absolute atomic E-state index is 12.7. The number of aryl methyl sites for hydroxylation is 1. The van der Waals surface area contributed by atoms with Crippen molar-refractivity contribution < 1.29 is 9.72 Å². The molecule has 8 nitrogen and oxygen atoms in total. The van der Waals surface area contributed by atoms with Crippen molar-refractivity contribution in [3.8, 4) is 5.69 Å². The van der Waals surface area contributed by atoms with Gasteiger partial charge in [-0.05, 0) is 49.9 Å². The van der Waals surface area contributed by atoms with Crippen molar-refractivity contribution in [3.05, 3.63) is 75.6 Å². The number of amides is 1. The minimum absolute atomic E-state index is 0.0186. The van der Waals surface area contributed by atoms with Gasteiger partial charge in [0.25, 0.3) is 5.69 Å². The summed E-state index contributed by atoms with van der Waals surface area (Å²) in [5, 5.41) is 23.7. The van der Waals surface area contributed by atoms with Crippen LogP contribution in [0.15, 0.2) is 53.7 Å². The average Bonchev–Trinajstić information content (AvgIpc) is 3.49. The smallest absolute Gasteiger partial charge is 0.269 e. The second-order valence-corrected chi connectivity index (χ2v) is 9.32. The van der Waals surface area contributed by atoms with E-state index in [4.69, 9.17) is 0 Å². The van der Waals surface area contributed by atoms with E-state index < -0.39 is 4.92 Å². The van der Waals surface area contributed by atoms with E-state index >= 15 is 0 Å². The van der Waals surface area contributed by atoms with Crippen LogP contribution in [0.25, 0.3) is 5.69 Å². The number of benzene rings is 2. The zero-order valence-electron chi connectivity index (χ0n) is 18.7. The topological polar surface area (TPSA) is 103 Å². The third kappa shape index (κ3) is 5.24. The van der Waals surface area contributed by atoms with Crippen molar-refractivity contribution in [3.63, 3.8) is 0 Å². The molecule has 1 N–H and O–H groups in total. The minimum Gasteiger partial charge on any atom is -0.346 e. The lowest BCUT2D eigenvalue weighted by atomic mass is 10.1. The number of nitrogens with zero attached hydrogens (tertiary/aromatic N) is 4. The molecule has 33 heavy (non-hydrogen) atoms. The first kappa shape index (κ1) is 23.0. The van der Waals surface area contributed by atoms with Crippen LogP contribution >= 0.6 is 11.8 Å². The van der Waals surface area contributed by atoms with E-state index in [0.717, 1.165) is 31.4 Å². The zero-order valence-corrected chi connectivity index (χ0v) is 19.5. The number of nitrogens with one attached hydrogen (secondary N) is 1. The molecule has 172 valence electrons. The van der Waals surface area contributed by atoms with Gasteiger partial charge < -0.3 is 5.32 Å². The van der Waals surface area contributed by atoms with Crippen LogP contribution in [0.2, 0.25) is 0 Å². The van der Waals surface area contributed by atoms with Gasteiger partial charge in [-0.25, -0.2) is 0 Å². The molecule has 3 aromatic rings. The monoisotopic (exact) mass is 465 g/mol. The molecular formula is C24H27N5O3S. The van der Waals surface area contributed by atoms with Gasteiger partial charge >= 0.3 is 0 Å². The Hall–Kier alpha value is -3.20. The summed E-state index contributed by atoms with van der Waals surface area (Å²) < 4.78 is 1.88. The fraction of sp³-hybridized carbons (Fsp3) is 0.375. The standard InChI is InChI=1S/C24H27N5O3S/c1-16-7-3-4-10-19(16)15-33-24-27-26-22(17(2)25-23(30)18-8-5-6-9-18)28(24)20-11-13-21(14-12-20)29(31)32/h3-4,7,10-14,17-18H,5-6,8-9,15H2,1-2H3,(H,25,30)/t17-/m1/s1. The van der Waals surface area contributed by atoms with Crippen LogP contribution in [0.4, 0.5) is 5.69 Å². The van der Waals surface area contributed by atoms with Crippen LogP contribution < -0.4 is 5.32 Å². The Morgan fingerprint density at radius 2 is 1.88 bits per heavy atom. The molecule has 2 aromatic carbocycles. The Morgan fingerprint density at radius 1 is 1.18 bits per heavy atom. The minimum atomic E-state index is -0.421. The van der Waals surface area contributed by atoms with Crippen molar-refractivity contribution in [1.82, 2.24) is 20.1 Å². The molecule has 0 radical (unpaired) electrons. The highest BCUT2D eigenvalue weighted by atomic mass is 32.2. The van der Waals surface area contributed by atoms with Gasteiger partial charge in [0.05, 0.1) is 11.0 Å².